The predicted octanol–water partition coefficient (Wildman–Crippen LogP) is 2.39. The van der Waals surface area contributed by atoms with Crippen molar-refractivity contribution in [3.05, 3.63) is 68.8 Å². The maximum atomic E-state index is 13.0. The van der Waals surface area contributed by atoms with Gasteiger partial charge in [0.15, 0.2) is 5.43 Å². The molecule has 0 atom stereocenters. The highest BCUT2D eigenvalue weighted by atomic mass is 35.5. The zero-order valence-corrected chi connectivity index (χ0v) is 10.4. The summed E-state index contributed by atoms with van der Waals surface area (Å²) in [4.78, 5) is 22.1. The summed E-state index contributed by atoms with van der Waals surface area (Å²) in [6, 6.07) is 5.40. The minimum Gasteiger partial charge on any atom is -0.477 e. The van der Waals surface area contributed by atoms with E-state index in [-0.39, 0.29) is 10.6 Å². The topological polar surface area (TPSA) is 59.3 Å². The van der Waals surface area contributed by atoms with Gasteiger partial charge in [-0.05, 0) is 17.7 Å². The number of hydrogen-bond donors (Lipinski definition) is 1. The number of aromatic nitrogens is 1. The van der Waals surface area contributed by atoms with Crippen LogP contribution in [-0.2, 0) is 6.54 Å². The summed E-state index contributed by atoms with van der Waals surface area (Å²) in [6.07, 6.45) is 2.70. The number of aromatic carboxylic acids is 1. The monoisotopic (exact) mass is 281 g/mol. The van der Waals surface area contributed by atoms with Crippen molar-refractivity contribution < 1.29 is 14.3 Å². The second-order valence-corrected chi connectivity index (χ2v) is 4.36. The lowest BCUT2D eigenvalue weighted by atomic mass is 10.2. The summed E-state index contributed by atoms with van der Waals surface area (Å²) in [5.74, 6) is -1.80. The zero-order valence-electron chi connectivity index (χ0n) is 9.64. The molecule has 0 aliphatic carbocycles. The Hall–Kier alpha value is -2.14. The molecule has 2 rings (SSSR count). The number of pyridine rings is 1. The first-order valence-corrected chi connectivity index (χ1v) is 5.72. The van der Waals surface area contributed by atoms with Crippen LogP contribution in [0.25, 0.3) is 0 Å². The molecule has 0 fully saturated rings. The van der Waals surface area contributed by atoms with Gasteiger partial charge in [0.2, 0.25) is 0 Å². The first-order valence-electron chi connectivity index (χ1n) is 5.34. The van der Waals surface area contributed by atoms with Crippen LogP contribution in [0, 0.1) is 5.82 Å². The van der Waals surface area contributed by atoms with E-state index < -0.39 is 17.2 Å². The van der Waals surface area contributed by atoms with E-state index >= 15 is 0 Å². The highest BCUT2D eigenvalue weighted by Crippen LogP contribution is 2.16. The van der Waals surface area contributed by atoms with Gasteiger partial charge >= 0.3 is 5.97 Å². The molecule has 0 saturated carbocycles. The maximum Gasteiger partial charge on any atom is 0.341 e. The van der Waals surface area contributed by atoms with Crippen LogP contribution in [0.15, 0.2) is 41.5 Å². The number of hydrogen-bond acceptors (Lipinski definition) is 2. The van der Waals surface area contributed by atoms with Crippen molar-refractivity contribution in [2.75, 3.05) is 0 Å². The van der Waals surface area contributed by atoms with Crippen LogP contribution in [0.1, 0.15) is 15.9 Å². The molecule has 1 aromatic heterocycles. The Morgan fingerprint density at radius 3 is 2.74 bits per heavy atom. The van der Waals surface area contributed by atoms with E-state index in [1.807, 2.05) is 0 Å². The normalized spacial score (nSPS) is 10.4. The van der Waals surface area contributed by atoms with E-state index in [0.717, 1.165) is 0 Å². The van der Waals surface area contributed by atoms with Crippen LogP contribution in [0.4, 0.5) is 4.39 Å². The summed E-state index contributed by atoms with van der Waals surface area (Å²) < 4.78 is 14.5. The zero-order chi connectivity index (χ0) is 14.0. The molecule has 0 amide bonds. The van der Waals surface area contributed by atoms with Gasteiger partial charge in [0, 0.05) is 25.0 Å². The van der Waals surface area contributed by atoms with Crippen LogP contribution < -0.4 is 5.43 Å². The summed E-state index contributed by atoms with van der Waals surface area (Å²) in [5.41, 5.74) is -0.164. The third-order valence-electron chi connectivity index (χ3n) is 2.56. The lowest BCUT2D eigenvalue weighted by molar-refractivity contribution is 0.0694. The number of halogens is 2. The van der Waals surface area contributed by atoms with Gasteiger partial charge in [-0.2, -0.15) is 0 Å². The van der Waals surface area contributed by atoms with E-state index in [0.29, 0.717) is 12.1 Å². The predicted molar refractivity (Wildman–Crippen MR) is 68.2 cm³/mol. The van der Waals surface area contributed by atoms with Crippen LogP contribution in [-0.4, -0.2) is 15.6 Å². The van der Waals surface area contributed by atoms with Gasteiger partial charge in [0.05, 0.1) is 5.02 Å². The van der Waals surface area contributed by atoms with Gasteiger partial charge < -0.3 is 9.67 Å². The first-order chi connectivity index (χ1) is 8.97. The van der Waals surface area contributed by atoms with Crippen molar-refractivity contribution in [1.82, 2.24) is 4.57 Å². The molecule has 1 N–H and O–H groups in total. The Bertz CT molecular complexity index is 697. The molecule has 4 nitrogen and oxygen atoms in total. The van der Waals surface area contributed by atoms with Gasteiger partial charge in [0.1, 0.15) is 11.4 Å². The second kappa shape index (κ2) is 5.24. The fourth-order valence-corrected chi connectivity index (χ4v) is 1.84. The van der Waals surface area contributed by atoms with Crippen molar-refractivity contribution in [3.8, 4) is 0 Å². The second-order valence-electron chi connectivity index (χ2n) is 3.95. The molecule has 2 aromatic rings. The van der Waals surface area contributed by atoms with Crippen molar-refractivity contribution in [3.63, 3.8) is 0 Å². The van der Waals surface area contributed by atoms with Crippen molar-refractivity contribution in [1.29, 1.82) is 0 Å². The van der Waals surface area contributed by atoms with E-state index in [1.165, 1.54) is 35.2 Å². The summed E-state index contributed by atoms with van der Waals surface area (Å²) in [7, 11) is 0. The Kier molecular flexibility index (Phi) is 3.66. The van der Waals surface area contributed by atoms with Crippen LogP contribution in [0.5, 0.6) is 0 Å². The molecule has 98 valence electrons. The minimum absolute atomic E-state index is 0.00277. The first kappa shape index (κ1) is 13.3. The minimum atomic E-state index is -1.28. The molecule has 6 heteroatoms. The molecule has 19 heavy (non-hydrogen) atoms. The van der Waals surface area contributed by atoms with E-state index in [1.54, 1.807) is 6.07 Å². The average Bonchev–Trinajstić information content (AvgIpc) is 2.36. The summed E-state index contributed by atoms with van der Waals surface area (Å²) in [5, 5.41) is 8.85. The van der Waals surface area contributed by atoms with Gasteiger partial charge in [-0.25, -0.2) is 9.18 Å². The largest absolute Gasteiger partial charge is 0.477 e. The summed E-state index contributed by atoms with van der Waals surface area (Å²) in [6.45, 7) is 0.292. The van der Waals surface area contributed by atoms with Gasteiger partial charge in [0.25, 0.3) is 0 Å². The molecular formula is C13H9ClFNO3. The van der Waals surface area contributed by atoms with Crippen molar-refractivity contribution >= 4 is 17.6 Å². The van der Waals surface area contributed by atoms with Crippen LogP contribution >= 0.6 is 11.6 Å². The Labute approximate surface area is 112 Å². The van der Waals surface area contributed by atoms with Crippen molar-refractivity contribution in [2.45, 2.75) is 6.54 Å². The van der Waals surface area contributed by atoms with Crippen molar-refractivity contribution in [2.24, 2.45) is 0 Å². The summed E-state index contributed by atoms with van der Waals surface area (Å²) >= 11 is 5.66. The highest BCUT2D eigenvalue weighted by Gasteiger charge is 2.08. The van der Waals surface area contributed by atoms with E-state index in [4.69, 9.17) is 16.7 Å². The number of nitrogens with zero attached hydrogens (tertiary/aromatic N) is 1. The number of carbonyl (C=O) groups is 1. The lowest BCUT2D eigenvalue weighted by Gasteiger charge is -2.08. The molecular weight excluding hydrogens is 273 g/mol. The molecule has 0 spiro atoms. The average molecular weight is 282 g/mol. The third kappa shape index (κ3) is 3.00. The van der Waals surface area contributed by atoms with Gasteiger partial charge in [-0.1, -0.05) is 17.7 Å². The molecule has 0 saturated heterocycles. The Balaban J connectivity index is 2.33. The standard InChI is InChI=1S/C13H9ClFNO3/c14-10-5-8(1-2-11(10)15)6-16-4-3-12(17)9(7-16)13(18)19/h1-5,7H,6H2,(H,18,19). The van der Waals surface area contributed by atoms with E-state index in [9.17, 15) is 14.0 Å². The molecule has 0 bridgehead atoms. The van der Waals surface area contributed by atoms with Crippen LogP contribution in [0.2, 0.25) is 5.02 Å². The maximum absolute atomic E-state index is 13.0. The fourth-order valence-electron chi connectivity index (χ4n) is 1.63. The molecule has 0 aliphatic rings. The number of carboxylic acid groups (broad SMARTS) is 1. The SMILES string of the molecule is O=C(O)c1cn(Cc2ccc(F)c(Cl)c2)ccc1=O. The molecule has 1 aromatic carbocycles. The number of benzene rings is 1. The van der Waals surface area contributed by atoms with Gasteiger partial charge in [-0.3, -0.25) is 4.79 Å². The molecule has 1 heterocycles. The molecule has 0 unspecified atom stereocenters. The quantitative estimate of drug-likeness (QED) is 0.940. The highest BCUT2D eigenvalue weighted by molar-refractivity contribution is 6.30. The smallest absolute Gasteiger partial charge is 0.341 e. The Morgan fingerprint density at radius 2 is 2.11 bits per heavy atom. The van der Waals surface area contributed by atoms with Crippen LogP contribution in [0.3, 0.4) is 0 Å². The lowest BCUT2D eigenvalue weighted by Crippen LogP contribution is -2.16. The third-order valence-corrected chi connectivity index (χ3v) is 2.85. The number of carboxylic acids is 1. The molecule has 0 aliphatic heterocycles. The Morgan fingerprint density at radius 1 is 1.37 bits per heavy atom. The van der Waals surface area contributed by atoms with Gasteiger partial charge in [-0.15, -0.1) is 0 Å². The number of rotatable bonds is 3. The molecule has 0 radical (unpaired) electrons. The fraction of sp³-hybridized carbons (Fsp3) is 0.0769. The van der Waals surface area contributed by atoms with E-state index in [2.05, 4.69) is 0 Å².